The summed E-state index contributed by atoms with van der Waals surface area (Å²) in [5.74, 6) is 0.919. The zero-order valence-electron chi connectivity index (χ0n) is 12.0. The van der Waals surface area contributed by atoms with Crippen LogP contribution in [-0.2, 0) is 6.61 Å². The fourth-order valence-electron chi connectivity index (χ4n) is 2.75. The molecule has 3 heterocycles. The summed E-state index contributed by atoms with van der Waals surface area (Å²) in [4.78, 5) is 6.65. The molecule has 21 heavy (non-hydrogen) atoms. The molecule has 6 heteroatoms. The second-order valence-corrected chi connectivity index (χ2v) is 5.47. The Balaban J connectivity index is 1.89. The number of nitrogens with zero attached hydrogens (tertiary/aromatic N) is 3. The molecule has 0 atom stereocenters. The Labute approximate surface area is 123 Å². The van der Waals surface area contributed by atoms with Crippen LogP contribution in [-0.4, -0.2) is 41.2 Å². The van der Waals surface area contributed by atoms with Crippen molar-refractivity contribution in [3.05, 3.63) is 23.6 Å². The summed E-state index contributed by atoms with van der Waals surface area (Å²) in [7, 11) is 2.12. The number of piperidine rings is 1. The summed E-state index contributed by atoms with van der Waals surface area (Å²) in [5.41, 5.74) is 1.22. The molecule has 0 aliphatic carbocycles. The van der Waals surface area contributed by atoms with Crippen molar-refractivity contribution in [3.63, 3.8) is 0 Å². The largest absolute Gasteiger partial charge is 0.444 e. The van der Waals surface area contributed by atoms with Crippen molar-refractivity contribution in [3.8, 4) is 6.07 Å². The van der Waals surface area contributed by atoms with Gasteiger partial charge in [-0.05, 0) is 33.0 Å². The van der Waals surface area contributed by atoms with Crippen molar-refractivity contribution in [2.45, 2.75) is 25.5 Å². The molecule has 0 bridgehead atoms. The van der Waals surface area contributed by atoms with E-state index in [1.807, 2.05) is 6.07 Å². The molecule has 1 fully saturated rings. The highest BCUT2D eigenvalue weighted by Crippen LogP contribution is 2.28. The number of aromatic nitrogens is 1. The van der Waals surface area contributed by atoms with E-state index >= 15 is 0 Å². The summed E-state index contributed by atoms with van der Waals surface area (Å²) in [6.07, 6.45) is 3.71. The Morgan fingerprint density at radius 2 is 2.29 bits per heavy atom. The summed E-state index contributed by atoms with van der Waals surface area (Å²) in [6, 6.07) is 3.99. The van der Waals surface area contributed by atoms with E-state index < -0.39 is 0 Å². The van der Waals surface area contributed by atoms with Crippen molar-refractivity contribution in [1.29, 1.82) is 5.26 Å². The van der Waals surface area contributed by atoms with Gasteiger partial charge in [0.15, 0.2) is 5.58 Å². The number of furan rings is 1. The topological polar surface area (TPSA) is 85.3 Å². The maximum absolute atomic E-state index is 9.66. The molecule has 3 rings (SSSR count). The summed E-state index contributed by atoms with van der Waals surface area (Å²) in [6.45, 7) is 1.97. The molecule has 2 N–H and O–H groups in total. The quantitative estimate of drug-likeness (QED) is 0.893. The van der Waals surface area contributed by atoms with Gasteiger partial charge in [0.2, 0.25) is 5.76 Å². The SMILES string of the molecule is CN1CCC(Nc2ncc3oc(C#N)cc3c2CO)CC1. The molecule has 6 nitrogen and oxygen atoms in total. The smallest absolute Gasteiger partial charge is 0.204 e. The lowest BCUT2D eigenvalue weighted by Crippen LogP contribution is -2.37. The number of nitrogens with one attached hydrogen (secondary N) is 1. The zero-order valence-corrected chi connectivity index (χ0v) is 12.0. The molecule has 0 saturated carbocycles. The van der Waals surface area contributed by atoms with E-state index in [0.29, 0.717) is 23.0 Å². The fraction of sp³-hybridized carbons (Fsp3) is 0.467. The van der Waals surface area contributed by atoms with E-state index in [2.05, 4.69) is 22.2 Å². The molecule has 0 radical (unpaired) electrons. The maximum Gasteiger partial charge on any atom is 0.204 e. The summed E-state index contributed by atoms with van der Waals surface area (Å²) < 4.78 is 5.35. The minimum absolute atomic E-state index is 0.135. The number of fused-ring (bicyclic) bond motifs is 1. The van der Waals surface area contributed by atoms with Crippen LogP contribution in [0, 0.1) is 11.3 Å². The first kappa shape index (κ1) is 13.9. The van der Waals surface area contributed by atoms with Gasteiger partial charge in [0, 0.05) is 23.1 Å². The first-order chi connectivity index (χ1) is 10.2. The second kappa shape index (κ2) is 5.72. The highest BCUT2D eigenvalue weighted by atomic mass is 16.3. The number of nitriles is 1. The van der Waals surface area contributed by atoms with E-state index in [0.717, 1.165) is 31.3 Å². The van der Waals surface area contributed by atoms with Gasteiger partial charge in [-0.2, -0.15) is 5.26 Å². The van der Waals surface area contributed by atoms with Crippen LogP contribution >= 0.6 is 0 Å². The van der Waals surface area contributed by atoms with Crippen LogP contribution < -0.4 is 5.32 Å². The van der Waals surface area contributed by atoms with Crippen LogP contribution in [0.2, 0.25) is 0 Å². The fourth-order valence-corrected chi connectivity index (χ4v) is 2.75. The van der Waals surface area contributed by atoms with E-state index in [1.54, 1.807) is 12.3 Å². The van der Waals surface area contributed by atoms with Gasteiger partial charge >= 0.3 is 0 Å². The monoisotopic (exact) mass is 286 g/mol. The van der Waals surface area contributed by atoms with Gasteiger partial charge in [-0.3, -0.25) is 0 Å². The molecule has 1 aliphatic rings. The molecule has 2 aromatic rings. The number of hydrogen-bond acceptors (Lipinski definition) is 6. The number of likely N-dealkylation sites (tertiary alicyclic amines) is 1. The highest BCUT2D eigenvalue weighted by molar-refractivity contribution is 5.85. The number of rotatable bonds is 3. The summed E-state index contributed by atoms with van der Waals surface area (Å²) in [5, 5.41) is 22.7. The first-order valence-electron chi connectivity index (χ1n) is 7.08. The van der Waals surface area contributed by atoms with Crippen molar-refractivity contribution in [2.75, 3.05) is 25.5 Å². The average molecular weight is 286 g/mol. The molecule has 0 aromatic carbocycles. The minimum atomic E-state index is -0.135. The van der Waals surface area contributed by atoms with E-state index in [4.69, 9.17) is 9.68 Å². The number of aliphatic hydroxyl groups excluding tert-OH is 1. The third kappa shape index (κ3) is 2.71. The van der Waals surface area contributed by atoms with Gasteiger partial charge in [-0.1, -0.05) is 0 Å². The van der Waals surface area contributed by atoms with Gasteiger partial charge < -0.3 is 19.7 Å². The zero-order chi connectivity index (χ0) is 14.8. The Hall–Kier alpha value is -2.10. The molecule has 0 unspecified atom stereocenters. The molecule has 2 aromatic heterocycles. The predicted molar refractivity (Wildman–Crippen MR) is 78.8 cm³/mol. The molecular weight excluding hydrogens is 268 g/mol. The first-order valence-corrected chi connectivity index (χ1v) is 7.08. The number of aliphatic hydroxyl groups is 1. The number of anilines is 1. The number of pyridine rings is 1. The molecule has 110 valence electrons. The van der Waals surface area contributed by atoms with Gasteiger partial charge in [0.25, 0.3) is 0 Å². The second-order valence-electron chi connectivity index (χ2n) is 5.47. The van der Waals surface area contributed by atoms with Crippen molar-refractivity contribution >= 4 is 16.8 Å². The maximum atomic E-state index is 9.66. The van der Waals surface area contributed by atoms with Crippen LogP contribution in [0.3, 0.4) is 0 Å². The van der Waals surface area contributed by atoms with Crippen molar-refractivity contribution in [2.24, 2.45) is 0 Å². The molecular formula is C15H18N4O2. The van der Waals surface area contributed by atoms with Crippen LogP contribution in [0.15, 0.2) is 16.7 Å². The lowest BCUT2D eigenvalue weighted by atomic mass is 10.0. The van der Waals surface area contributed by atoms with Crippen LogP contribution in [0.5, 0.6) is 0 Å². The highest BCUT2D eigenvalue weighted by Gasteiger charge is 2.19. The van der Waals surface area contributed by atoms with Crippen LogP contribution in [0.25, 0.3) is 11.0 Å². The Kier molecular flexibility index (Phi) is 3.78. The minimum Gasteiger partial charge on any atom is -0.444 e. The third-order valence-electron chi connectivity index (χ3n) is 4.01. The van der Waals surface area contributed by atoms with Gasteiger partial charge in [-0.25, -0.2) is 4.98 Å². The third-order valence-corrected chi connectivity index (χ3v) is 4.01. The van der Waals surface area contributed by atoms with Gasteiger partial charge in [0.05, 0.1) is 12.8 Å². The molecule has 1 aliphatic heterocycles. The van der Waals surface area contributed by atoms with Crippen molar-refractivity contribution in [1.82, 2.24) is 9.88 Å². The van der Waals surface area contributed by atoms with E-state index in [1.165, 1.54) is 0 Å². The Morgan fingerprint density at radius 3 is 2.95 bits per heavy atom. The Bertz CT molecular complexity index is 681. The summed E-state index contributed by atoms with van der Waals surface area (Å²) >= 11 is 0. The van der Waals surface area contributed by atoms with Crippen molar-refractivity contribution < 1.29 is 9.52 Å². The van der Waals surface area contributed by atoms with Gasteiger partial charge in [0.1, 0.15) is 11.9 Å². The van der Waals surface area contributed by atoms with E-state index in [-0.39, 0.29) is 12.4 Å². The van der Waals surface area contributed by atoms with Crippen LogP contribution in [0.1, 0.15) is 24.2 Å². The normalized spacial score (nSPS) is 17.0. The van der Waals surface area contributed by atoms with Gasteiger partial charge in [-0.15, -0.1) is 0 Å². The lowest BCUT2D eigenvalue weighted by Gasteiger charge is -2.30. The molecule has 0 spiro atoms. The average Bonchev–Trinajstić information content (AvgIpc) is 2.92. The van der Waals surface area contributed by atoms with Crippen LogP contribution in [0.4, 0.5) is 5.82 Å². The number of hydrogen-bond donors (Lipinski definition) is 2. The van der Waals surface area contributed by atoms with E-state index in [9.17, 15) is 5.11 Å². The molecule has 0 amide bonds. The Morgan fingerprint density at radius 1 is 1.52 bits per heavy atom. The predicted octanol–water partition coefficient (Wildman–Crippen LogP) is 1.70. The standard InChI is InChI=1S/C15H18N4O2/c1-19-4-2-10(3-5-19)18-15-13(9-20)12-6-11(7-16)21-14(12)8-17-15/h6,8,10,20H,2-5,9H2,1H3,(H,17,18). The lowest BCUT2D eigenvalue weighted by molar-refractivity contribution is 0.262. The molecule has 1 saturated heterocycles.